The number of nitrogens with zero attached hydrogens (tertiary/aromatic N) is 2. The third kappa shape index (κ3) is 9.00. The molecule has 1 atom stereocenters. The number of nitrogens with one attached hydrogen (secondary N) is 2. The van der Waals surface area contributed by atoms with Crippen molar-refractivity contribution in [3.05, 3.63) is 30.3 Å². The summed E-state index contributed by atoms with van der Waals surface area (Å²) in [5, 5.41) is 6.62. The maximum Gasteiger partial charge on any atom is 0.191 e. The number of likely N-dealkylation sites (N-methyl/N-ethyl adjacent to an activating group) is 1. The fraction of sp³-hybridized carbons (Fsp3) is 0.588. The van der Waals surface area contributed by atoms with Crippen LogP contribution in [-0.2, 0) is 0 Å². The molecule has 0 aliphatic carbocycles. The Kier molecular flexibility index (Phi) is 12.8. The second kappa shape index (κ2) is 13.4. The van der Waals surface area contributed by atoms with Crippen molar-refractivity contribution in [1.29, 1.82) is 0 Å². The Bertz CT molecular complexity index is 424. The van der Waals surface area contributed by atoms with Crippen molar-refractivity contribution >= 4 is 29.9 Å². The molecule has 0 saturated heterocycles. The molecule has 0 saturated carbocycles. The summed E-state index contributed by atoms with van der Waals surface area (Å²) < 4.78 is 5.65. The van der Waals surface area contributed by atoms with Gasteiger partial charge >= 0.3 is 0 Å². The van der Waals surface area contributed by atoms with Crippen molar-refractivity contribution in [2.24, 2.45) is 4.99 Å². The number of aliphatic imine (C=N–C) groups is 1. The molecular weight excluding hydrogens is 403 g/mol. The maximum atomic E-state index is 5.65. The van der Waals surface area contributed by atoms with Crippen LogP contribution in [0.2, 0.25) is 0 Å². The summed E-state index contributed by atoms with van der Waals surface area (Å²) in [6, 6.07) is 10.3. The standard InChI is InChI=1S/C17H30N4O.HI/c1-5-21(6-2)15(3)14-20-17(18-4)19-12-13-22-16-10-8-7-9-11-16;/h7-11,15H,5-6,12-14H2,1-4H3,(H2,18,19,20);1H. The zero-order chi connectivity index (χ0) is 16.2. The molecule has 0 aliphatic heterocycles. The van der Waals surface area contributed by atoms with Crippen LogP contribution in [0.25, 0.3) is 0 Å². The van der Waals surface area contributed by atoms with Gasteiger partial charge in [-0.15, -0.1) is 24.0 Å². The molecule has 1 aromatic rings. The molecule has 5 nitrogen and oxygen atoms in total. The summed E-state index contributed by atoms with van der Waals surface area (Å²) in [7, 11) is 1.79. The van der Waals surface area contributed by atoms with Gasteiger partial charge in [-0.2, -0.15) is 0 Å². The van der Waals surface area contributed by atoms with E-state index >= 15 is 0 Å². The molecule has 23 heavy (non-hydrogen) atoms. The van der Waals surface area contributed by atoms with Gasteiger partial charge in [-0.3, -0.25) is 9.89 Å². The smallest absolute Gasteiger partial charge is 0.191 e. The molecule has 1 rings (SSSR count). The van der Waals surface area contributed by atoms with Crippen LogP contribution in [0.15, 0.2) is 35.3 Å². The van der Waals surface area contributed by atoms with Gasteiger partial charge < -0.3 is 15.4 Å². The summed E-state index contributed by atoms with van der Waals surface area (Å²) in [4.78, 5) is 6.65. The van der Waals surface area contributed by atoms with E-state index in [0.29, 0.717) is 19.2 Å². The molecule has 0 aromatic heterocycles. The van der Waals surface area contributed by atoms with Gasteiger partial charge in [0.15, 0.2) is 5.96 Å². The lowest BCUT2D eigenvalue weighted by atomic mass is 10.3. The highest BCUT2D eigenvalue weighted by atomic mass is 127. The van der Waals surface area contributed by atoms with E-state index in [1.54, 1.807) is 7.05 Å². The number of ether oxygens (including phenoxy) is 1. The lowest BCUT2D eigenvalue weighted by molar-refractivity contribution is 0.231. The Morgan fingerprint density at radius 1 is 1.17 bits per heavy atom. The van der Waals surface area contributed by atoms with E-state index in [1.165, 1.54) is 0 Å². The highest BCUT2D eigenvalue weighted by molar-refractivity contribution is 14.0. The molecule has 6 heteroatoms. The summed E-state index contributed by atoms with van der Waals surface area (Å²) in [5.74, 6) is 1.71. The average molecular weight is 434 g/mol. The molecule has 0 radical (unpaired) electrons. The first-order valence-corrected chi connectivity index (χ1v) is 8.07. The van der Waals surface area contributed by atoms with Gasteiger partial charge in [0.1, 0.15) is 12.4 Å². The minimum absolute atomic E-state index is 0. The Morgan fingerprint density at radius 3 is 2.39 bits per heavy atom. The predicted molar refractivity (Wildman–Crippen MR) is 109 cm³/mol. The van der Waals surface area contributed by atoms with Gasteiger partial charge in [-0.1, -0.05) is 32.0 Å². The zero-order valence-corrected chi connectivity index (χ0v) is 17.0. The van der Waals surface area contributed by atoms with E-state index in [9.17, 15) is 0 Å². The summed E-state index contributed by atoms with van der Waals surface area (Å²) in [6.45, 7) is 10.9. The quantitative estimate of drug-likeness (QED) is 0.272. The van der Waals surface area contributed by atoms with E-state index in [-0.39, 0.29) is 24.0 Å². The molecule has 0 aliphatic rings. The molecule has 0 bridgehead atoms. The van der Waals surface area contributed by atoms with Crippen molar-refractivity contribution in [3.8, 4) is 5.75 Å². The number of benzene rings is 1. The van der Waals surface area contributed by atoms with Crippen molar-refractivity contribution in [3.63, 3.8) is 0 Å². The Labute approximate surface area is 157 Å². The topological polar surface area (TPSA) is 48.9 Å². The minimum Gasteiger partial charge on any atom is -0.492 e. The fourth-order valence-electron chi connectivity index (χ4n) is 2.30. The SMILES string of the molecule is CCN(CC)C(C)CNC(=NC)NCCOc1ccccc1.I. The van der Waals surface area contributed by atoms with E-state index in [0.717, 1.165) is 31.3 Å². The van der Waals surface area contributed by atoms with Crippen LogP contribution in [-0.4, -0.2) is 56.7 Å². The van der Waals surface area contributed by atoms with Crippen LogP contribution in [0.4, 0.5) is 0 Å². The Balaban J connectivity index is 0.00000484. The van der Waals surface area contributed by atoms with E-state index < -0.39 is 0 Å². The Hall–Kier alpha value is -1.02. The first-order chi connectivity index (χ1) is 10.7. The van der Waals surface area contributed by atoms with Crippen molar-refractivity contribution < 1.29 is 4.74 Å². The van der Waals surface area contributed by atoms with Crippen LogP contribution in [0.5, 0.6) is 5.75 Å². The largest absolute Gasteiger partial charge is 0.492 e. The molecular formula is C17H31IN4O. The molecule has 1 unspecified atom stereocenters. The van der Waals surface area contributed by atoms with Gasteiger partial charge in [0.2, 0.25) is 0 Å². The summed E-state index contributed by atoms with van der Waals surface area (Å²) in [6.07, 6.45) is 0. The molecule has 0 heterocycles. The van der Waals surface area contributed by atoms with E-state index in [2.05, 4.69) is 41.3 Å². The van der Waals surface area contributed by atoms with Gasteiger partial charge in [-0.25, -0.2) is 0 Å². The van der Waals surface area contributed by atoms with Gasteiger partial charge in [0, 0.05) is 19.6 Å². The fourth-order valence-corrected chi connectivity index (χ4v) is 2.30. The first kappa shape index (κ1) is 22.0. The third-order valence-electron chi connectivity index (χ3n) is 3.63. The lowest BCUT2D eigenvalue weighted by Gasteiger charge is -2.27. The second-order valence-electron chi connectivity index (χ2n) is 5.11. The first-order valence-electron chi connectivity index (χ1n) is 8.07. The monoisotopic (exact) mass is 434 g/mol. The van der Waals surface area contributed by atoms with Crippen molar-refractivity contribution in [2.45, 2.75) is 26.8 Å². The molecule has 1 aromatic carbocycles. The third-order valence-corrected chi connectivity index (χ3v) is 3.63. The average Bonchev–Trinajstić information content (AvgIpc) is 2.56. The molecule has 0 spiro atoms. The summed E-state index contributed by atoms with van der Waals surface area (Å²) >= 11 is 0. The normalized spacial score (nSPS) is 12.5. The number of para-hydroxylation sites is 1. The number of hydrogen-bond acceptors (Lipinski definition) is 3. The molecule has 0 fully saturated rings. The van der Waals surface area contributed by atoms with Crippen LogP contribution < -0.4 is 15.4 Å². The van der Waals surface area contributed by atoms with E-state index in [1.807, 2.05) is 30.3 Å². The summed E-state index contributed by atoms with van der Waals surface area (Å²) in [5.41, 5.74) is 0. The van der Waals surface area contributed by atoms with Gasteiger partial charge in [0.25, 0.3) is 0 Å². The zero-order valence-electron chi connectivity index (χ0n) is 14.7. The minimum atomic E-state index is 0. The highest BCUT2D eigenvalue weighted by Gasteiger charge is 2.10. The molecule has 2 N–H and O–H groups in total. The van der Waals surface area contributed by atoms with E-state index in [4.69, 9.17) is 4.74 Å². The molecule has 0 amide bonds. The second-order valence-corrected chi connectivity index (χ2v) is 5.11. The van der Waals surface area contributed by atoms with Crippen LogP contribution in [0.1, 0.15) is 20.8 Å². The maximum absolute atomic E-state index is 5.65. The van der Waals surface area contributed by atoms with Crippen molar-refractivity contribution in [2.75, 3.05) is 39.8 Å². The number of guanidine groups is 1. The van der Waals surface area contributed by atoms with Gasteiger partial charge in [0.05, 0.1) is 6.54 Å². The van der Waals surface area contributed by atoms with Crippen LogP contribution >= 0.6 is 24.0 Å². The lowest BCUT2D eigenvalue weighted by Crippen LogP contribution is -2.46. The number of rotatable bonds is 9. The van der Waals surface area contributed by atoms with Crippen LogP contribution in [0.3, 0.4) is 0 Å². The molecule has 132 valence electrons. The predicted octanol–water partition coefficient (Wildman–Crippen LogP) is 2.58. The van der Waals surface area contributed by atoms with Crippen LogP contribution in [0, 0.1) is 0 Å². The number of hydrogen-bond donors (Lipinski definition) is 2. The highest BCUT2D eigenvalue weighted by Crippen LogP contribution is 2.07. The Morgan fingerprint density at radius 2 is 1.83 bits per heavy atom. The van der Waals surface area contributed by atoms with Crippen molar-refractivity contribution in [1.82, 2.24) is 15.5 Å². The number of halogens is 1. The van der Waals surface area contributed by atoms with Gasteiger partial charge in [-0.05, 0) is 32.1 Å².